The molecule has 4 rings (SSSR count). The maximum absolute atomic E-state index is 15.3. The zero-order valence-corrected chi connectivity index (χ0v) is 19.0. The number of amides is 1. The Kier molecular flexibility index (Phi) is 6.15. The van der Waals surface area contributed by atoms with Gasteiger partial charge in [0.25, 0.3) is 5.91 Å². The fourth-order valence-electron chi connectivity index (χ4n) is 3.90. The van der Waals surface area contributed by atoms with Gasteiger partial charge in [-0.05, 0) is 36.8 Å². The van der Waals surface area contributed by atoms with Gasteiger partial charge in [-0.15, -0.1) is 0 Å². The molecule has 9 heteroatoms. The van der Waals surface area contributed by atoms with Gasteiger partial charge < -0.3 is 9.64 Å². The number of aromatic nitrogens is 3. The molecule has 0 bridgehead atoms. The van der Waals surface area contributed by atoms with Crippen LogP contribution in [0.25, 0.3) is 22.0 Å². The molecule has 0 aliphatic heterocycles. The molecule has 0 unspecified atom stereocenters. The third kappa shape index (κ3) is 4.13. The van der Waals surface area contributed by atoms with Gasteiger partial charge in [-0.1, -0.05) is 12.1 Å². The fourth-order valence-corrected chi connectivity index (χ4v) is 3.90. The Labute approximate surface area is 195 Å². The first-order chi connectivity index (χ1) is 16.3. The van der Waals surface area contributed by atoms with Crippen molar-refractivity contribution < 1.29 is 23.9 Å². The van der Waals surface area contributed by atoms with Crippen molar-refractivity contribution in [3.63, 3.8) is 0 Å². The molecule has 34 heavy (non-hydrogen) atoms. The second-order valence-electron chi connectivity index (χ2n) is 7.86. The highest BCUT2D eigenvalue weighted by Gasteiger charge is 2.23. The van der Waals surface area contributed by atoms with E-state index in [0.717, 1.165) is 10.1 Å². The number of aryl methyl sites for hydroxylation is 1. The number of rotatable bonds is 6. The van der Waals surface area contributed by atoms with Gasteiger partial charge in [-0.3, -0.25) is 15.1 Å². The minimum Gasteiger partial charge on any atom is -0.493 e. The highest BCUT2D eigenvalue weighted by atomic mass is 19.1. The van der Waals surface area contributed by atoms with E-state index in [1.54, 1.807) is 51.4 Å². The van der Waals surface area contributed by atoms with Crippen molar-refractivity contribution in [2.45, 2.75) is 20.4 Å². The third-order valence-electron chi connectivity index (χ3n) is 5.61. The summed E-state index contributed by atoms with van der Waals surface area (Å²) in [5.41, 5.74) is 3.15. The number of aromatic amines is 1. The molecule has 0 aliphatic rings. The summed E-state index contributed by atoms with van der Waals surface area (Å²) in [6.45, 7) is 3.94. The molecule has 2 heterocycles. The Morgan fingerprint density at radius 1 is 1.35 bits per heavy atom. The number of halogens is 1. The van der Waals surface area contributed by atoms with Crippen LogP contribution in [-0.2, 0) is 6.54 Å². The van der Waals surface area contributed by atoms with Gasteiger partial charge in [-0.2, -0.15) is 10.4 Å². The lowest BCUT2D eigenvalue weighted by Crippen LogP contribution is -2.35. The largest absolute Gasteiger partial charge is 0.493 e. The molecule has 4 aromatic rings. The molecular weight excluding hydrogens is 437 g/mol. The maximum Gasteiger partial charge on any atom is 0.254 e. The Morgan fingerprint density at radius 3 is 2.88 bits per heavy atom. The van der Waals surface area contributed by atoms with Crippen LogP contribution in [0.2, 0.25) is 0 Å². The molecule has 1 amide bonds. The van der Waals surface area contributed by atoms with Gasteiger partial charge in [0.15, 0.2) is 0 Å². The number of hydrogen-bond donors (Lipinski definition) is 2. The van der Waals surface area contributed by atoms with Crippen molar-refractivity contribution in [2.75, 3.05) is 13.7 Å². The van der Waals surface area contributed by atoms with E-state index in [1.807, 2.05) is 6.07 Å². The summed E-state index contributed by atoms with van der Waals surface area (Å²) in [7, 11) is 1.59. The smallest absolute Gasteiger partial charge is 0.254 e. The predicted octanol–water partition coefficient (Wildman–Crippen LogP) is 3.74. The average molecular weight is 460 g/mol. The number of hydrogen-bond acceptors (Lipinski definition) is 5. The quantitative estimate of drug-likeness (QED) is 0.337. The first-order valence-corrected chi connectivity index (χ1v) is 10.6. The first-order valence-electron chi connectivity index (χ1n) is 10.6. The number of nitrogens with zero attached hydrogens (tertiary/aromatic N) is 4. The Bertz CT molecular complexity index is 1440. The van der Waals surface area contributed by atoms with Crippen molar-refractivity contribution in [1.29, 1.82) is 5.26 Å². The third-order valence-corrected chi connectivity index (χ3v) is 5.61. The molecule has 0 spiro atoms. The molecule has 0 saturated heterocycles. The molecule has 0 aliphatic carbocycles. The van der Waals surface area contributed by atoms with Gasteiger partial charge in [-0.25, -0.2) is 4.39 Å². The van der Waals surface area contributed by atoms with Gasteiger partial charge in [0, 0.05) is 24.3 Å². The van der Waals surface area contributed by atoms with E-state index in [-0.39, 0.29) is 30.0 Å². The Hall–Kier alpha value is -4.45. The number of H-pyrrole nitrogens is 1. The standard InChI is InChI=1S/C25H22FN5O3/c1-4-34-22-10-18(9-21(26)23(22)17-7-5-6-16(8-17)11-27)25(32)30(3)13-19-14-31(33)15(2)20-12-28-29-24(19)20/h5-10,12,14,33H,4,13H2,1-3H3/p+1. The number of carbonyl (C=O) groups is 1. The average Bonchev–Trinajstić information content (AvgIpc) is 3.32. The highest BCUT2D eigenvalue weighted by molar-refractivity contribution is 5.96. The van der Waals surface area contributed by atoms with Crippen molar-refractivity contribution in [1.82, 2.24) is 15.1 Å². The van der Waals surface area contributed by atoms with E-state index in [0.29, 0.717) is 27.9 Å². The van der Waals surface area contributed by atoms with E-state index >= 15 is 4.39 Å². The summed E-state index contributed by atoms with van der Waals surface area (Å²) in [6.07, 6.45) is 3.11. The molecule has 2 N–H and O–H groups in total. The lowest BCUT2D eigenvalue weighted by molar-refractivity contribution is -0.908. The van der Waals surface area contributed by atoms with E-state index in [9.17, 15) is 15.3 Å². The lowest BCUT2D eigenvalue weighted by atomic mass is 9.99. The number of ether oxygens (including phenoxy) is 1. The van der Waals surface area contributed by atoms with E-state index in [2.05, 4.69) is 10.2 Å². The fraction of sp³-hybridized carbons (Fsp3) is 0.200. The second-order valence-corrected chi connectivity index (χ2v) is 7.86. The van der Waals surface area contributed by atoms with Crippen LogP contribution >= 0.6 is 0 Å². The summed E-state index contributed by atoms with van der Waals surface area (Å²) in [5.74, 6) is -0.832. The van der Waals surface area contributed by atoms with Crippen LogP contribution in [0.4, 0.5) is 4.39 Å². The van der Waals surface area contributed by atoms with Gasteiger partial charge in [0.05, 0.1) is 53.0 Å². The molecule has 0 radical (unpaired) electrons. The number of nitrogens with one attached hydrogen (secondary N) is 1. The van der Waals surface area contributed by atoms with Crippen molar-refractivity contribution in [2.24, 2.45) is 0 Å². The van der Waals surface area contributed by atoms with Crippen LogP contribution in [0.5, 0.6) is 5.75 Å². The molecule has 0 saturated carbocycles. The molecule has 0 fully saturated rings. The topological polar surface area (TPSA) is 106 Å². The molecule has 8 nitrogen and oxygen atoms in total. The highest BCUT2D eigenvalue weighted by Crippen LogP contribution is 2.35. The maximum atomic E-state index is 15.3. The van der Waals surface area contributed by atoms with Crippen LogP contribution in [-0.4, -0.2) is 39.9 Å². The van der Waals surface area contributed by atoms with Crippen molar-refractivity contribution in [3.8, 4) is 22.9 Å². The Balaban J connectivity index is 1.69. The summed E-state index contributed by atoms with van der Waals surface area (Å²) in [5, 5.41) is 27.0. The van der Waals surface area contributed by atoms with Gasteiger partial charge in [0.1, 0.15) is 11.6 Å². The predicted molar refractivity (Wildman–Crippen MR) is 122 cm³/mol. The zero-order chi connectivity index (χ0) is 24.4. The normalized spacial score (nSPS) is 10.8. The first kappa shape index (κ1) is 22.7. The van der Waals surface area contributed by atoms with E-state index in [4.69, 9.17) is 4.74 Å². The number of pyridine rings is 1. The molecular formula is C25H23FN5O3+. The van der Waals surface area contributed by atoms with Crippen LogP contribution in [0, 0.1) is 24.1 Å². The number of benzene rings is 2. The summed E-state index contributed by atoms with van der Waals surface area (Å²) < 4.78 is 21.9. The van der Waals surface area contributed by atoms with Crippen molar-refractivity contribution in [3.05, 3.63) is 77.0 Å². The number of fused-ring (bicyclic) bond motifs is 1. The summed E-state index contributed by atoms with van der Waals surface area (Å²) >= 11 is 0. The molecule has 172 valence electrons. The minimum absolute atomic E-state index is 0.119. The van der Waals surface area contributed by atoms with E-state index < -0.39 is 11.7 Å². The number of carbonyl (C=O) groups excluding carboxylic acids is 1. The van der Waals surface area contributed by atoms with E-state index in [1.165, 1.54) is 23.2 Å². The molecule has 2 aromatic heterocycles. The number of nitriles is 1. The van der Waals surface area contributed by atoms with Crippen molar-refractivity contribution >= 4 is 16.8 Å². The zero-order valence-electron chi connectivity index (χ0n) is 19.0. The van der Waals surface area contributed by atoms with Crippen LogP contribution < -0.4 is 9.47 Å². The minimum atomic E-state index is -0.628. The second kappa shape index (κ2) is 9.19. The SMILES string of the molecule is CCOc1cc(C(=O)N(C)Cc2c[n+](O)c(C)c3cn[nH]c23)cc(F)c1-c1cccc(C#N)c1. The van der Waals surface area contributed by atoms with Gasteiger partial charge in [0.2, 0.25) is 11.9 Å². The van der Waals surface area contributed by atoms with Crippen LogP contribution in [0.1, 0.15) is 34.1 Å². The van der Waals surface area contributed by atoms with Crippen LogP contribution in [0.3, 0.4) is 0 Å². The van der Waals surface area contributed by atoms with Crippen LogP contribution in [0.15, 0.2) is 48.8 Å². The lowest BCUT2D eigenvalue weighted by Gasteiger charge is -2.19. The summed E-state index contributed by atoms with van der Waals surface area (Å²) in [6, 6.07) is 11.3. The summed E-state index contributed by atoms with van der Waals surface area (Å²) in [4.78, 5) is 14.6. The van der Waals surface area contributed by atoms with Gasteiger partial charge >= 0.3 is 0 Å². The Morgan fingerprint density at radius 2 is 2.15 bits per heavy atom. The molecule has 0 atom stereocenters. The monoisotopic (exact) mass is 460 g/mol. The molecule has 2 aromatic carbocycles.